The predicted molar refractivity (Wildman–Crippen MR) is 295 cm³/mol. The zero-order chi connectivity index (χ0) is 50.6. The molecule has 15 heteroatoms. The largest absolute Gasteiger partial charge is 1.00 e. The van der Waals surface area contributed by atoms with Crippen molar-refractivity contribution >= 4 is 92.1 Å². The van der Waals surface area contributed by atoms with Crippen molar-refractivity contribution < 1.29 is 89.2 Å². The normalized spacial score (nSPS) is 18.6. The van der Waals surface area contributed by atoms with E-state index in [9.17, 15) is 0 Å². The Bertz CT molecular complexity index is 2980. The molecule has 0 bridgehead atoms. The van der Waals surface area contributed by atoms with E-state index in [0.29, 0.717) is 0 Å². The van der Waals surface area contributed by atoms with Crippen LogP contribution in [0.15, 0.2) is 150 Å². The molecule has 0 radical (unpaired) electrons. The second-order valence-corrected chi connectivity index (χ2v) is 22.1. The van der Waals surface area contributed by atoms with Crippen molar-refractivity contribution in [3.05, 3.63) is 150 Å². The van der Waals surface area contributed by atoms with Gasteiger partial charge in [0.25, 0.3) is 0 Å². The van der Waals surface area contributed by atoms with Gasteiger partial charge in [-0.3, -0.25) is 0 Å². The first-order chi connectivity index (χ1) is 32.8. The van der Waals surface area contributed by atoms with Crippen LogP contribution in [-0.2, 0) is 32.7 Å². The van der Waals surface area contributed by atoms with E-state index in [1.807, 2.05) is 55.4 Å². The minimum absolute atomic E-state index is 0. The van der Waals surface area contributed by atoms with Gasteiger partial charge in [0.05, 0.1) is 55.7 Å². The fourth-order valence-electron chi connectivity index (χ4n) is 8.75. The number of halogens is 1. The standard InChI is InChI=1S/C24H24BNO2.C18H12BrN.C12H24B2O4.C2H4O2.CH4.K/c1-23(2)24(3,4)28-25(27-23)17-13-15-18(16-14-17)26-21-11-7-5-9-19(21)20-10-6-8-12-22(20)26;19-13-9-11-14(12-10-13)20-17-7-3-1-5-15(17)16-6-2-4-8-18(16)20;1-9(2)10(3,4)16-13(15-9)14-17-11(5,6)12(7,8)18-14;1-2(3)4;;/h5-16H,1-4H3;1-12H;1-8H3;1H3,(H,3,4);1H4;/q;;;;;+1/p-1. The molecule has 6 aromatic carbocycles. The van der Waals surface area contributed by atoms with E-state index in [1.54, 1.807) is 0 Å². The number of hydrogen-bond donors (Lipinski definition) is 0. The molecule has 0 saturated carbocycles. The number of carboxylic acids is 1. The Morgan fingerprint density at radius 1 is 0.431 bits per heavy atom. The quantitative estimate of drug-likeness (QED) is 0.161. The van der Waals surface area contributed by atoms with Crippen molar-refractivity contribution in [1.29, 1.82) is 0 Å². The Labute approximate surface area is 478 Å². The number of aromatic nitrogens is 2. The number of benzene rings is 6. The van der Waals surface area contributed by atoms with Crippen LogP contribution in [0.25, 0.3) is 55.0 Å². The van der Waals surface area contributed by atoms with Gasteiger partial charge in [0.2, 0.25) is 0 Å². The number of fused-ring (bicyclic) bond motifs is 6. The Morgan fingerprint density at radius 3 is 0.944 bits per heavy atom. The molecule has 3 aliphatic heterocycles. The van der Waals surface area contributed by atoms with E-state index in [2.05, 4.69) is 198 Å². The second-order valence-electron chi connectivity index (χ2n) is 21.1. The second kappa shape index (κ2) is 22.0. The summed E-state index contributed by atoms with van der Waals surface area (Å²) in [5.41, 5.74) is 6.19. The summed E-state index contributed by atoms with van der Waals surface area (Å²) in [6.45, 7) is 25.5. The maximum atomic E-state index is 8.89. The third-order valence-electron chi connectivity index (χ3n) is 14.7. The fourth-order valence-corrected chi connectivity index (χ4v) is 9.02. The molecule has 370 valence electrons. The molecular weight excluding hydrogens is 992 g/mol. The smallest absolute Gasteiger partial charge is 0.550 e. The van der Waals surface area contributed by atoms with Crippen molar-refractivity contribution in [2.45, 2.75) is 131 Å². The first-order valence-corrected chi connectivity index (χ1v) is 24.7. The van der Waals surface area contributed by atoms with Gasteiger partial charge in [-0.25, -0.2) is 0 Å². The number of carbonyl (C=O) groups excluding carboxylic acids is 1. The van der Waals surface area contributed by atoms with Crippen LogP contribution in [0.1, 0.15) is 97.4 Å². The van der Waals surface area contributed by atoms with Crippen LogP contribution < -0.4 is 62.0 Å². The number of nitrogens with zero attached hydrogens (tertiary/aromatic N) is 2. The predicted octanol–water partition coefficient (Wildman–Crippen LogP) is 9.27. The van der Waals surface area contributed by atoms with Crippen LogP contribution in [0.5, 0.6) is 0 Å². The van der Waals surface area contributed by atoms with E-state index in [0.717, 1.165) is 22.5 Å². The van der Waals surface area contributed by atoms with Crippen LogP contribution in [0.3, 0.4) is 0 Å². The minimum atomic E-state index is -1.08. The molecule has 0 amide bonds. The summed E-state index contributed by atoms with van der Waals surface area (Å²) < 4.78 is 42.0. The van der Waals surface area contributed by atoms with Crippen molar-refractivity contribution in [2.24, 2.45) is 0 Å². The molecule has 0 aliphatic carbocycles. The van der Waals surface area contributed by atoms with Crippen LogP contribution in [0.4, 0.5) is 0 Å². The van der Waals surface area contributed by atoms with Crippen molar-refractivity contribution in [3.63, 3.8) is 0 Å². The first-order valence-electron chi connectivity index (χ1n) is 23.9. The minimum Gasteiger partial charge on any atom is -0.550 e. The van der Waals surface area contributed by atoms with E-state index in [4.69, 9.17) is 37.8 Å². The number of carboxylic acid groups (broad SMARTS) is 1. The Kier molecular flexibility index (Phi) is 17.6. The van der Waals surface area contributed by atoms with Crippen LogP contribution in [-0.4, -0.2) is 69.8 Å². The van der Waals surface area contributed by atoms with Gasteiger partial charge in [0.1, 0.15) is 0 Å². The SMILES string of the molecule is Brc1ccc(-n2c3ccccc3c3ccccc32)cc1.C.CC(=O)[O-].CC1(C)OB(B2OC(C)(C)C(C)(C)O2)OC1(C)C.CC1(C)OB(c2ccc(-n3c4ccccc4c4ccccc43)cc2)OC1(C)C.[K+]. The average molecular weight is 1060 g/mol. The summed E-state index contributed by atoms with van der Waals surface area (Å²) in [5, 5.41) is 14.0. The Balaban J connectivity index is 0.000000172. The molecule has 11 rings (SSSR count). The van der Waals surface area contributed by atoms with E-state index in [1.165, 1.54) is 49.3 Å². The fraction of sp³-hybridized carbons (Fsp3) is 0.351. The van der Waals surface area contributed by atoms with Gasteiger partial charge < -0.3 is 47.0 Å². The van der Waals surface area contributed by atoms with E-state index < -0.39 is 20.0 Å². The molecule has 0 N–H and O–H groups in total. The zero-order valence-electron chi connectivity index (χ0n) is 43.6. The van der Waals surface area contributed by atoms with Gasteiger partial charge in [-0.15, -0.1) is 0 Å². The van der Waals surface area contributed by atoms with Crippen LogP contribution in [0, 0.1) is 0 Å². The molecule has 0 atom stereocenters. The van der Waals surface area contributed by atoms with Gasteiger partial charge in [0, 0.05) is 43.4 Å². The maximum Gasteiger partial charge on any atom is 1.00 e. The van der Waals surface area contributed by atoms with Crippen LogP contribution in [0.2, 0.25) is 0 Å². The molecular formula is C57H67B3BrKN2O8. The number of carbonyl (C=O) groups is 1. The molecule has 3 saturated heterocycles. The summed E-state index contributed by atoms with van der Waals surface area (Å²) >= 11 is 3.50. The molecule has 3 fully saturated rings. The molecule has 5 heterocycles. The van der Waals surface area contributed by atoms with Gasteiger partial charge in [-0.05, 0) is 156 Å². The van der Waals surface area contributed by atoms with Gasteiger partial charge in [0.15, 0.2) is 0 Å². The summed E-state index contributed by atoms with van der Waals surface area (Å²) in [5.74, 6) is -1.08. The van der Waals surface area contributed by atoms with Gasteiger partial charge in [-0.2, -0.15) is 0 Å². The molecule has 3 aliphatic rings. The molecule has 72 heavy (non-hydrogen) atoms. The Morgan fingerprint density at radius 2 is 0.667 bits per heavy atom. The first kappa shape index (κ1) is 57.7. The maximum absolute atomic E-state index is 8.89. The topological polar surface area (TPSA) is 105 Å². The molecule has 10 nitrogen and oxygen atoms in total. The molecule has 0 unspecified atom stereocenters. The number of para-hydroxylation sites is 4. The number of hydrogen-bond acceptors (Lipinski definition) is 8. The summed E-state index contributed by atoms with van der Waals surface area (Å²) in [7, 11) is -1.29. The van der Waals surface area contributed by atoms with Gasteiger partial charge >= 0.3 is 72.5 Å². The van der Waals surface area contributed by atoms with Gasteiger partial charge in [-0.1, -0.05) is 108 Å². The van der Waals surface area contributed by atoms with Crippen molar-refractivity contribution in [1.82, 2.24) is 9.13 Å². The third kappa shape index (κ3) is 11.5. The number of rotatable bonds is 4. The molecule has 0 spiro atoms. The third-order valence-corrected chi connectivity index (χ3v) is 15.2. The van der Waals surface area contributed by atoms with E-state index in [-0.39, 0.29) is 99.5 Å². The Hall–Kier alpha value is -3.54. The summed E-state index contributed by atoms with van der Waals surface area (Å²) in [6.07, 6.45) is 0. The summed E-state index contributed by atoms with van der Waals surface area (Å²) in [4.78, 5) is 8.89. The average Bonchev–Trinajstić information content (AvgIpc) is 4.01. The molecule has 2 aromatic heterocycles. The van der Waals surface area contributed by atoms with Crippen LogP contribution >= 0.6 is 15.9 Å². The monoisotopic (exact) mass is 1060 g/mol. The summed E-state index contributed by atoms with van der Waals surface area (Å²) in [6, 6.07) is 51.2. The van der Waals surface area contributed by atoms with Crippen molar-refractivity contribution in [2.75, 3.05) is 0 Å². The zero-order valence-corrected chi connectivity index (χ0v) is 48.3. The molecule has 8 aromatic rings. The van der Waals surface area contributed by atoms with E-state index >= 15 is 0 Å². The van der Waals surface area contributed by atoms with Crippen molar-refractivity contribution in [3.8, 4) is 11.4 Å². The number of aliphatic carboxylic acids is 1.